The highest BCUT2D eigenvalue weighted by Gasteiger charge is 2.28. The topological polar surface area (TPSA) is 139 Å². The second-order valence-corrected chi connectivity index (χ2v) is 14.1. The molecule has 3 aromatic rings. The highest BCUT2D eigenvalue weighted by Crippen LogP contribution is 2.21. The lowest BCUT2D eigenvalue weighted by atomic mass is 10.00. The number of aliphatic hydroxyl groups is 1. The second kappa shape index (κ2) is 18.4. The van der Waals surface area contributed by atoms with Gasteiger partial charge in [-0.15, -0.1) is 0 Å². The van der Waals surface area contributed by atoms with Gasteiger partial charge in [0.2, 0.25) is 10.0 Å². The maximum absolute atomic E-state index is 13.9. The molecule has 0 aliphatic heterocycles. The van der Waals surface area contributed by atoms with Gasteiger partial charge in [-0.05, 0) is 61.6 Å². The molecule has 260 valence electrons. The first-order valence-electron chi connectivity index (χ1n) is 16.4. The predicted molar refractivity (Wildman–Crippen MR) is 187 cm³/mol. The molecular formula is C36H49N5O6S. The van der Waals surface area contributed by atoms with E-state index in [-0.39, 0.29) is 40.8 Å². The van der Waals surface area contributed by atoms with Gasteiger partial charge in [0.15, 0.2) is 0 Å². The third-order valence-electron chi connectivity index (χ3n) is 7.74. The van der Waals surface area contributed by atoms with Gasteiger partial charge in [-0.25, -0.2) is 17.7 Å². The van der Waals surface area contributed by atoms with Gasteiger partial charge in [0.05, 0.1) is 17.0 Å². The summed E-state index contributed by atoms with van der Waals surface area (Å²) in [4.78, 5) is 41.9. The van der Waals surface area contributed by atoms with Crippen molar-refractivity contribution in [2.75, 3.05) is 40.3 Å². The van der Waals surface area contributed by atoms with Crippen LogP contribution in [0.15, 0.2) is 83.8 Å². The molecule has 12 heteroatoms. The SMILES string of the molecule is CCCN(CC(O)C(Cc1ccccc1)NC(=O)c1cc(C(=O)N(CCC)CCC)cc(S(=O)(=O)N(C)C)c1)NC(=O)c1ccccc1. The Morgan fingerprint density at radius 2 is 1.31 bits per heavy atom. The van der Waals surface area contributed by atoms with Gasteiger partial charge in [-0.2, -0.15) is 0 Å². The van der Waals surface area contributed by atoms with E-state index in [4.69, 9.17) is 0 Å². The summed E-state index contributed by atoms with van der Waals surface area (Å²) in [5, 5.41) is 16.1. The lowest BCUT2D eigenvalue weighted by Gasteiger charge is -2.30. The molecule has 3 aromatic carbocycles. The summed E-state index contributed by atoms with van der Waals surface area (Å²) < 4.78 is 27.5. The van der Waals surface area contributed by atoms with E-state index in [0.717, 1.165) is 9.87 Å². The third-order valence-corrected chi connectivity index (χ3v) is 9.54. The van der Waals surface area contributed by atoms with Gasteiger partial charge in [0, 0.05) is 57.0 Å². The Kier molecular flexibility index (Phi) is 14.7. The van der Waals surface area contributed by atoms with Crippen molar-refractivity contribution in [2.45, 2.75) is 63.5 Å². The van der Waals surface area contributed by atoms with Gasteiger partial charge in [-0.3, -0.25) is 19.8 Å². The molecule has 2 unspecified atom stereocenters. The Balaban J connectivity index is 1.97. The normalized spacial score (nSPS) is 12.8. The number of sulfonamides is 1. The fraction of sp³-hybridized carbons (Fsp3) is 0.417. The molecule has 11 nitrogen and oxygen atoms in total. The molecule has 0 saturated heterocycles. The summed E-state index contributed by atoms with van der Waals surface area (Å²) in [6, 6.07) is 21.2. The number of hydrazine groups is 1. The van der Waals surface area contributed by atoms with Gasteiger partial charge >= 0.3 is 0 Å². The van der Waals surface area contributed by atoms with Crippen LogP contribution in [-0.2, 0) is 16.4 Å². The van der Waals surface area contributed by atoms with Crippen molar-refractivity contribution < 1.29 is 27.9 Å². The van der Waals surface area contributed by atoms with Crippen LogP contribution in [0.1, 0.15) is 76.7 Å². The molecule has 0 aliphatic carbocycles. The minimum Gasteiger partial charge on any atom is -0.390 e. The molecule has 0 fully saturated rings. The van der Waals surface area contributed by atoms with E-state index in [1.807, 2.05) is 57.2 Å². The zero-order chi connectivity index (χ0) is 35.3. The molecule has 0 heterocycles. The van der Waals surface area contributed by atoms with Gasteiger partial charge in [-0.1, -0.05) is 69.3 Å². The van der Waals surface area contributed by atoms with Crippen LogP contribution in [0.25, 0.3) is 0 Å². The van der Waals surface area contributed by atoms with Crippen molar-refractivity contribution in [1.82, 2.24) is 25.0 Å². The first-order chi connectivity index (χ1) is 22.9. The van der Waals surface area contributed by atoms with Crippen LogP contribution < -0.4 is 10.7 Å². The summed E-state index contributed by atoms with van der Waals surface area (Å²) in [5.74, 6) is -1.34. The largest absolute Gasteiger partial charge is 0.390 e. The van der Waals surface area contributed by atoms with E-state index in [2.05, 4.69) is 10.7 Å². The smallest absolute Gasteiger partial charge is 0.265 e. The third kappa shape index (κ3) is 10.7. The minimum atomic E-state index is -4.00. The molecule has 2 atom stereocenters. The fourth-order valence-corrected chi connectivity index (χ4v) is 6.24. The highest BCUT2D eigenvalue weighted by molar-refractivity contribution is 7.89. The molecule has 3 amide bonds. The van der Waals surface area contributed by atoms with Crippen LogP contribution in [0, 0.1) is 0 Å². The van der Waals surface area contributed by atoms with Crippen LogP contribution in [0.4, 0.5) is 0 Å². The maximum Gasteiger partial charge on any atom is 0.265 e. The van der Waals surface area contributed by atoms with Gasteiger partial charge in [0.25, 0.3) is 17.7 Å². The number of carbonyl (C=O) groups excluding carboxylic acids is 3. The van der Waals surface area contributed by atoms with Crippen molar-refractivity contribution in [3.63, 3.8) is 0 Å². The molecule has 3 N–H and O–H groups in total. The molecule has 0 bridgehead atoms. The Morgan fingerprint density at radius 1 is 0.750 bits per heavy atom. The van der Waals surface area contributed by atoms with Crippen LogP contribution in [0.2, 0.25) is 0 Å². The van der Waals surface area contributed by atoms with Crippen molar-refractivity contribution in [3.05, 3.63) is 101 Å². The summed E-state index contributed by atoms with van der Waals surface area (Å²) in [6.07, 6.45) is 1.23. The number of rotatable bonds is 18. The molecule has 0 saturated carbocycles. The minimum absolute atomic E-state index is 0.00593. The van der Waals surface area contributed by atoms with Crippen LogP contribution in [0.3, 0.4) is 0 Å². The second-order valence-electron chi connectivity index (χ2n) is 11.9. The van der Waals surface area contributed by atoms with Crippen LogP contribution >= 0.6 is 0 Å². The van der Waals surface area contributed by atoms with Crippen molar-refractivity contribution in [3.8, 4) is 0 Å². The maximum atomic E-state index is 13.9. The lowest BCUT2D eigenvalue weighted by molar-refractivity contribution is 0.0451. The molecule has 0 spiro atoms. The van der Waals surface area contributed by atoms with E-state index < -0.39 is 28.1 Å². The van der Waals surface area contributed by atoms with Crippen LogP contribution in [0.5, 0.6) is 0 Å². The van der Waals surface area contributed by atoms with E-state index in [9.17, 15) is 27.9 Å². The van der Waals surface area contributed by atoms with E-state index in [1.54, 1.807) is 34.2 Å². The fourth-order valence-electron chi connectivity index (χ4n) is 5.27. The standard InChI is InChI=1S/C36H49N5O6S/c1-6-19-40(20-7-2)36(45)30-23-29(24-31(25-30)48(46,47)39(4)5)34(43)37-32(22-27-15-11-9-12-16-27)33(42)26-41(21-8-3)38-35(44)28-17-13-10-14-18-28/h9-18,23-25,32-33,42H,6-8,19-22,26H2,1-5H3,(H,37,43)(H,38,44). The number of nitrogens with zero attached hydrogens (tertiary/aromatic N) is 3. The summed E-state index contributed by atoms with van der Waals surface area (Å²) in [6.45, 7) is 7.28. The zero-order valence-electron chi connectivity index (χ0n) is 28.6. The average molecular weight is 680 g/mol. The Labute approximate surface area is 285 Å². The summed E-state index contributed by atoms with van der Waals surface area (Å²) in [5.41, 5.74) is 4.25. The van der Waals surface area contributed by atoms with Gasteiger partial charge < -0.3 is 15.3 Å². The number of hydrogen-bond donors (Lipinski definition) is 3. The quantitative estimate of drug-likeness (QED) is 0.173. The van der Waals surface area contributed by atoms with Crippen molar-refractivity contribution in [2.24, 2.45) is 0 Å². The first kappa shape index (κ1) is 38.3. The average Bonchev–Trinajstić information content (AvgIpc) is 3.08. The van der Waals surface area contributed by atoms with E-state index >= 15 is 0 Å². The van der Waals surface area contributed by atoms with Crippen molar-refractivity contribution in [1.29, 1.82) is 0 Å². The first-order valence-corrected chi connectivity index (χ1v) is 17.9. The Morgan fingerprint density at radius 3 is 1.88 bits per heavy atom. The molecule has 3 rings (SSSR count). The number of aliphatic hydroxyl groups excluding tert-OH is 1. The van der Waals surface area contributed by atoms with Crippen LogP contribution in [-0.4, -0.2) is 97.9 Å². The Bertz CT molecular complexity index is 1600. The molecule has 48 heavy (non-hydrogen) atoms. The van der Waals surface area contributed by atoms with E-state index in [0.29, 0.717) is 44.5 Å². The van der Waals surface area contributed by atoms with Crippen molar-refractivity contribution >= 4 is 27.7 Å². The highest BCUT2D eigenvalue weighted by atomic mass is 32.2. The Hall–Kier alpha value is -4.10. The molecule has 0 aromatic heterocycles. The lowest BCUT2D eigenvalue weighted by Crippen LogP contribution is -2.53. The number of benzene rings is 3. The summed E-state index contributed by atoms with van der Waals surface area (Å²) >= 11 is 0. The van der Waals surface area contributed by atoms with E-state index in [1.165, 1.54) is 32.3 Å². The predicted octanol–water partition coefficient (Wildman–Crippen LogP) is 3.96. The number of amides is 3. The number of hydrogen-bond acceptors (Lipinski definition) is 7. The zero-order valence-corrected chi connectivity index (χ0v) is 29.4. The monoisotopic (exact) mass is 679 g/mol. The van der Waals surface area contributed by atoms with Gasteiger partial charge in [0.1, 0.15) is 0 Å². The molecule has 0 radical (unpaired) electrons. The molecule has 0 aliphatic rings. The summed E-state index contributed by atoms with van der Waals surface area (Å²) in [7, 11) is -1.24. The number of nitrogens with one attached hydrogen (secondary N) is 2. The number of carbonyl (C=O) groups is 3. The molecular weight excluding hydrogens is 630 g/mol.